The van der Waals surface area contributed by atoms with Crippen molar-refractivity contribution in [2.24, 2.45) is 10.5 Å². The van der Waals surface area contributed by atoms with E-state index in [1.54, 1.807) is 11.8 Å². The molecule has 0 aliphatic carbocycles. The molecular formula is C23H42N4O2S2. The maximum Gasteiger partial charge on any atom is 0.212 e. The molecule has 178 valence electrons. The smallest absolute Gasteiger partial charge is 0.212 e. The van der Waals surface area contributed by atoms with Gasteiger partial charge in [0.1, 0.15) is 9.84 Å². The van der Waals surface area contributed by atoms with E-state index in [1.807, 2.05) is 4.68 Å². The Morgan fingerprint density at radius 2 is 1.45 bits per heavy atom. The summed E-state index contributed by atoms with van der Waals surface area (Å²) in [6, 6.07) is 0. The Balaban J connectivity index is 1.65. The summed E-state index contributed by atoms with van der Waals surface area (Å²) < 4.78 is 26.6. The minimum Gasteiger partial charge on any atom is -0.229 e. The van der Waals surface area contributed by atoms with Gasteiger partial charge >= 0.3 is 0 Å². The maximum atomic E-state index is 12.4. The predicted molar refractivity (Wildman–Crippen MR) is 132 cm³/mol. The Kier molecular flexibility index (Phi) is 11.0. The van der Waals surface area contributed by atoms with Gasteiger partial charge in [-0.2, -0.15) is 9.78 Å². The van der Waals surface area contributed by atoms with E-state index in [2.05, 4.69) is 37.9 Å². The number of fused-ring (bicyclic) bond motifs is 1. The largest absolute Gasteiger partial charge is 0.229 e. The molecule has 0 bridgehead atoms. The number of aryl methyl sites for hydroxylation is 1. The van der Waals surface area contributed by atoms with E-state index in [4.69, 9.17) is 5.10 Å². The molecular weight excluding hydrogens is 428 g/mol. The monoisotopic (exact) mass is 470 g/mol. The Hall–Kier alpha value is -0.890. The fourth-order valence-corrected chi connectivity index (χ4v) is 6.21. The fourth-order valence-electron chi connectivity index (χ4n) is 3.65. The zero-order valence-electron chi connectivity index (χ0n) is 20.0. The topological polar surface area (TPSA) is 77.2 Å². The van der Waals surface area contributed by atoms with Gasteiger partial charge in [-0.3, -0.25) is 0 Å². The second-order valence-corrected chi connectivity index (χ2v) is 13.0. The van der Waals surface area contributed by atoms with Crippen molar-refractivity contribution in [1.29, 1.82) is 0 Å². The molecule has 1 aliphatic heterocycles. The molecule has 0 amide bonds. The molecule has 1 aromatic rings. The zero-order valence-corrected chi connectivity index (χ0v) is 21.7. The van der Waals surface area contributed by atoms with E-state index in [0.717, 1.165) is 41.7 Å². The van der Waals surface area contributed by atoms with E-state index in [1.165, 1.54) is 44.9 Å². The molecule has 2 rings (SSSR count). The lowest BCUT2D eigenvalue weighted by Gasteiger charge is -2.24. The molecule has 1 aromatic heterocycles. The van der Waals surface area contributed by atoms with Gasteiger partial charge in [0.15, 0.2) is 5.82 Å². The van der Waals surface area contributed by atoms with Crippen molar-refractivity contribution in [3.63, 3.8) is 0 Å². The summed E-state index contributed by atoms with van der Waals surface area (Å²) in [5.74, 6) is 2.12. The third-order valence-electron chi connectivity index (χ3n) is 5.77. The highest BCUT2D eigenvalue weighted by molar-refractivity contribution is 7.99. The maximum absolute atomic E-state index is 12.4. The van der Waals surface area contributed by atoms with Crippen LogP contribution in [-0.2, 0) is 16.3 Å². The minimum absolute atomic E-state index is 0.00459. The van der Waals surface area contributed by atoms with Crippen LogP contribution in [0.15, 0.2) is 10.3 Å². The summed E-state index contributed by atoms with van der Waals surface area (Å²) in [6.45, 7) is 8.71. The molecule has 0 fully saturated rings. The van der Waals surface area contributed by atoms with Gasteiger partial charge in [-0.15, -0.1) is 10.2 Å². The van der Waals surface area contributed by atoms with E-state index in [0.29, 0.717) is 18.6 Å². The zero-order chi connectivity index (χ0) is 22.7. The van der Waals surface area contributed by atoms with Crippen molar-refractivity contribution >= 4 is 27.3 Å². The van der Waals surface area contributed by atoms with Crippen LogP contribution < -0.4 is 0 Å². The summed E-state index contributed by atoms with van der Waals surface area (Å²) in [5, 5.41) is 14.0. The first kappa shape index (κ1) is 26.4. The van der Waals surface area contributed by atoms with Crippen LogP contribution in [0.25, 0.3) is 0 Å². The van der Waals surface area contributed by atoms with E-state index >= 15 is 0 Å². The quantitative estimate of drug-likeness (QED) is 0.298. The SMILES string of the molecule is CCCCCCCCCCCCS(=O)(=O)CCCc1nnc2n1N=C(C(C)(C)C)CS2. The first-order valence-corrected chi connectivity index (χ1v) is 14.9. The number of hydrogen-bond donors (Lipinski definition) is 0. The number of unbranched alkanes of at least 4 members (excludes halogenated alkanes) is 9. The number of aromatic nitrogens is 3. The Labute approximate surface area is 194 Å². The lowest BCUT2D eigenvalue weighted by Crippen LogP contribution is -2.26. The summed E-state index contributed by atoms with van der Waals surface area (Å²) in [4.78, 5) is 0. The molecule has 0 saturated carbocycles. The van der Waals surface area contributed by atoms with E-state index in [9.17, 15) is 8.42 Å². The highest BCUT2D eigenvalue weighted by Gasteiger charge is 2.26. The molecule has 0 radical (unpaired) electrons. The van der Waals surface area contributed by atoms with Crippen molar-refractivity contribution in [2.75, 3.05) is 17.3 Å². The number of thioether (sulfide) groups is 1. The first-order valence-electron chi connectivity index (χ1n) is 12.1. The van der Waals surface area contributed by atoms with Crippen LogP contribution in [0, 0.1) is 5.41 Å². The van der Waals surface area contributed by atoms with Crippen LogP contribution >= 0.6 is 11.8 Å². The average Bonchev–Trinajstić information content (AvgIpc) is 3.11. The molecule has 2 heterocycles. The molecule has 8 heteroatoms. The van der Waals surface area contributed by atoms with Gasteiger partial charge in [-0.05, 0) is 12.8 Å². The highest BCUT2D eigenvalue weighted by atomic mass is 32.2. The Bertz CT molecular complexity index is 795. The molecule has 0 saturated heterocycles. The van der Waals surface area contributed by atoms with E-state index in [-0.39, 0.29) is 11.2 Å². The number of sulfone groups is 1. The van der Waals surface area contributed by atoms with Gasteiger partial charge in [-0.25, -0.2) is 8.42 Å². The summed E-state index contributed by atoms with van der Waals surface area (Å²) in [7, 11) is -3.00. The summed E-state index contributed by atoms with van der Waals surface area (Å²) >= 11 is 1.65. The van der Waals surface area contributed by atoms with Crippen molar-refractivity contribution in [1.82, 2.24) is 14.9 Å². The van der Waals surface area contributed by atoms with Crippen molar-refractivity contribution in [3.05, 3.63) is 5.82 Å². The first-order chi connectivity index (χ1) is 14.7. The van der Waals surface area contributed by atoms with Crippen LogP contribution in [0.4, 0.5) is 0 Å². The number of rotatable bonds is 15. The lowest BCUT2D eigenvalue weighted by atomic mass is 9.91. The van der Waals surface area contributed by atoms with Gasteiger partial charge in [-0.1, -0.05) is 97.2 Å². The normalized spacial score (nSPS) is 14.5. The minimum atomic E-state index is -3.00. The van der Waals surface area contributed by atoms with Crippen molar-refractivity contribution in [3.8, 4) is 0 Å². The molecule has 0 atom stereocenters. The van der Waals surface area contributed by atoms with Gasteiger partial charge in [0, 0.05) is 17.6 Å². The average molecular weight is 471 g/mol. The van der Waals surface area contributed by atoms with E-state index < -0.39 is 9.84 Å². The second-order valence-electron chi connectivity index (χ2n) is 9.73. The Morgan fingerprint density at radius 3 is 2.06 bits per heavy atom. The number of nitrogens with zero attached hydrogens (tertiary/aromatic N) is 4. The van der Waals surface area contributed by atoms with Gasteiger partial charge in [0.05, 0.1) is 17.2 Å². The molecule has 6 nitrogen and oxygen atoms in total. The molecule has 0 N–H and O–H groups in total. The fraction of sp³-hybridized carbons (Fsp3) is 0.870. The summed E-state index contributed by atoms with van der Waals surface area (Å²) in [5.41, 5.74) is 1.12. The standard InChI is InChI=1S/C23H42N4O2S2/c1-5-6-7-8-9-10-11-12-13-14-17-31(28,29)18-15-16-21-24-25-22-27(21)26-20(19-30-22)23(2,3)4/h5-19H2,1-4H3. The van der Waals surface area contributed by atoms with Crippen LogP contribution in [0.2, 0.25) is 0 Å². The van der Waals surface area contributed by atoms with Crippen LogP contribution in [0.5, 0.6) is 0 Å². The van der Waals surface area contributed by atoms with Crippen LogP contribution in [-0.4, -0.2) is 46.3 Å². The van der Waals surface area contributed by atoms with Crippen LogP contribution in [0.3, 0.4) is 0 Å². The summed E-state index contributed by atoms with van der Waals surface area (Å²) in [6.07, 6.45) is 13.3. The van der Waals surface area contributed by atoms with Crippen molar-refractivity contribution < 1.29 is 8.42 Å². The molecule has 0 aromatic carbocycles. The third kappa shape index (κ3) is 9.64. The lowest BCUT2D eigenvalue weighted by molar-refractivity contribution is 0.557. The van der Waals surface area contributed by atoms with Crippen molar-refractivity contribution in [2.45, 2.75) is 110 Å². The molecule has 0 unspecified atom stereocenters. The van der Waals surface area contributed by atoms with Crippen LogP contribution in [0.1, 0.15) is 104 Å². The molecule has 31 heavy (non-hydrogen) atoms. The second kappa shape index (κ2) is 13.0. The highest BCUT2D eigenvalue weighted by Crippen LogP contribution is 2.28. The molecule has 1 aliphatic rings. The van der Waals surface area contributed by atoms with Gasteiger partial charge in [0.25, 0.3) is 0 Å². The van der Waals surface area contributed by atoms with Gasteiger partial charge < -0.3 is 0 Å². The predicted octanol–water partition coefficient (Wildman–Crippen LogP) is 5.90. The molecule has 0 spiro atoms. The third-order valence-corrected chi connectivity index (χ3v) is 8.52. The number of hydrogen-bond acceptors (Lipinski definition) is 6. The Morgan fingerprint density at radius 1 is 0.871 bits per heavy atom. The van der Waals surface area contributed by atoms with Gasteiger partial charge in [0.2, 0.25) is 5.16 Å².